The van der Waals surface area contributed by atoms with Gasteiger partial charge in [-0.1, -0.05) is 117 Å². The van der Waals surface area contributed by atoms with Gasteiger partial charge in [0.2, 0.25) is 11.6 Å². The number of hydrogen-bond donors (Lipinski definition) is 1. The Labute approximate surface area is 332 Å². The summed E-state index contributed by atoms with van der Waals surface area (Å²) in [6.45, 7) is 9.53. The van der Waals surface area contributed by atoms with Crippen molar-refractivity contribution in [2.45, 2.75) is 107 Å². The van der Waals surface area contributed by atoms with E-state index in [4.69, 9.17) is 44.4 Å². The smallest absolute Gasteiger partial charge is 0.261 e. The maximum atomic E-state index is 12.3. The van der Waals surface area contributed by atoms with E-state index >= 15 is 0 Å². The van der Waals surface area contributed by atoms with E-state index in [-0.39, 0.29) is 11.6 Å². The lowest BCUT2D eigenvalue weighted by molar-refractivity contribution is -0.491. The van der Waals surface area contributed by atoms with Gasteiger partial charge in [0.05, 0.1) is 13.2 Å². The number of aliphatic hydroxyl groups excluding tert-OH is 1. The molecule has 1 N–H and O–H groups in total. The summed E-state index contributed by atoms with van der Waals surface area (Å²) in [5.41, 5.74) is 2.79. The molecular formula is C45H55ClO8Si. The van der Waals surface area contributed by atoms with Crippen molar-refractivity contribution in [2.75, 3.05) is 27.4 Å². The summed E-state index contributed by atoms with van der Waals surface area (Å²) < 4.78 is 46.6. The first-order chi connectivity index (χ1) is 26.5. The summed E-state index contributed by atoms with van der Waals surface area (Å²) >= 11 is 6.83. The summed E-state index contributed by atoms with van der Waals surface area (Å²) in [4.78, 5) is 0. The van der Waals surface area contributed by atoms with Gasteiger partial charge in [-0.25, -0.2) is 0 Å². The zero-order valence-electron chi connectivity index (χ0n) is 32.8. The molecule has 4 aromatic carbocycles. The number of methoxy groups -OCH3 is 2. The van der Waals surface area contributed by atoms with Crippen molar-refractivity contribution in [3.05, 3.63) is 125 Å². The fourth-order valence-electron chi connectivity index (χ4n) is 9.02. The van der Waals surface area contributed by atoms with Crippen LogP contribution in [-0.4, -0.2) is 76.8 Å². The molecule has 7 unspecified atom stereocenters. The van der Waals surface area contributed by atoms with Gasteiger partial charge in [0.1, 0.15) is 36.3 Å². The first-order valence-corrected chi connectivity index (χ1v) is 21.8. The van der Waals surface area contributed by atoms with Crippen LogP contribution >= 0.6 is 11.6 Å². The van der Waals surface area contributed by atoms with Gasteiger partial charge in [0, 0.05) is 32.1 Å². The fraction of sp³-hybridized carbons (Fsp3) is 0.467. The van der Waals surface area contributed by atoms with Crippen molar-refractivity contribution in [3.63, 3.8) is 0 Å². The highest BCUT2D eigenvalue weighted by atomic mass is 35.5. The van der Waals surface area contributed by atoms with Gasteiger partial charge in [0.15, 0.2) is 0 Å². The van der Waals surface area contributed by atoms with Gasteiger partial charge >= 0.3 is 0 Å². The molecule has 3 fully saturated rings. The molecule has 1 aliphatic carbocycles. The Morgan fingerprint density at radius 1 is 0.800 bits per heavy atom. The molecule has 55 heavy (non-hydrogen) atoms. The highest BCUT2D eigenvalue weighted by Crippen LogP contribution is 2.52. The number of rotatable bonds is 12. The van der Waals surface area contributed by atoms with Crippen LogP contribution in [0.1, 0.15) is 76.2 Å². The molecule has 4 aromatic rings. The average Bonchev–Trinajstić information content (AvgIpc) is 3.20. The number of aliphatic hydroxyl groups is 1. The molecule has 0 spiro atoms. The maximum absolute atomic E-state index is 12.3. The van der Waals surface area contributed by atoms with Gasteiger partial charge in [0.25, 0.3) is 8.32 Å². The monoisotopic (exact) mass is 786 g/mol. The van der Waals surface area contributed by atoms with E-state index in [1.54, 1.807) is 14.2 Å². The Bertz CT molecular complexity index is 1830. The molecule has 10 heteroatoms. The molecule has 294 valence electrons. The Morgan fingerprint density at radius 3 is 1.93 bits per heavy atom. The fourth-order valence-corrected chi connectivity index (χ4v) is 13.8. The van der Waals surface area contributed by atoms with Crippen molar-refractivity contribution in [1.82, 2.24) is 0 Å². The summed E-state index contributed by atoms with van der Waals surface area (Å²) in [5, 5.41) is 15.0. The van der Waals surface area contributed by atoms with Crippen LogP contribution in [0.3, 0.4) is 0 Å². The Morgan fingerprint density at radius 2 is 1.38 bits per heavy atom. The van der Waals surface area contributed by atoms with Gasteiger partial charge < -0.3 is 38.0 Å². The van der Waals surface area contributed by atoms with Crippen molar-refractivity contribution in [2.24, 2.45) is 0 Å². The molecule has 0 bridgehead atoms. The van der Waals surface area contributed by atoms with E-state index in [0.29, 0.717) is 30.9 Å². The van der Waals surface area contributed by atoms with Crippen molar-refractivity contribution in [1.29, 1.82) is 0 Å². The third kappa shape index (κ3) is 7.44. The number of benzene rings is 4. The van der Waals surface area contributed by atoms with Crippen LogP contribution in [0, 0.1) is 0 Å². The number of ether oxygens (including phenoxy) is 6. The summed E-state index contributed by atoms with van der Waals surface area (Å²) in [6.07, 6.45) is -0.549. The molecule has 0 amide bonds. The van der Waals surface area contributed by atoms with E-state index in [1.807, 2.05) is 61.5 Å². The van der Waals surface area contributed by atoms with Crippen molar-refractivity contribution >= 4 is 30.3 Å². The van der Waals surface area contributed by atoms with E-state index < -0.39 is 50.4 Å². The third-order valence-electron chi connectivity index (χ3n) is 11.7. The predicted octanol–water partition coefficient (Wildman–Crippen LogP) is 7.75. The van der Waals surface area contributed by atoms with Crippen LogP contribution in [0.25, 0.3) is 0 Å². The topological polar surface area (TPSA) is 84.8 Å². The first-order valence-electron chi connectivity index (χ1n) is 19.5. The standard InChI is InChI=1S/C45H55ClO8Si/c1-7-50-34-23-20-31(21-24-34)28-33-29-32(22-25-37(33)46)40-39(47)42-41(53-44(48-5)26-14-15-27-45(44,49-6)54-42)38(52-40)30-51-55(43(2,3)4,35-16-10-8-11-17-35)36-18-12-9-13-19-36/h8-13,16-25,29,38-42,47H,7,14-15,26-28,30H2,1-6H3. The van der Waals surface area contributed by atoms with E-state index in [0.717, 1.165) is 45.7 Å². The number of halogens is 1. The molecule has 2 aliphatic heterocycles. The summed E-state index contributed by atoms with van der Waals surface area (Å²) in [5.74, 6) is -1.56. The number of fused-ring (bicyclic) bond motifs is 2. The number of hydrogen-bond acceptors (Lipinski definition) is 8. The highest BCUT2D eigenvalue weighted by Gasteiger charge is 2.67. The van der Waals surface area contributed by atoms with Gasteiger partial charge in [-0.3, -0.25) is 0 Å². The second-order valence-electron chi connectivity index (χ2n) is 16.0. The Kier molecular flexibility index (Phi) is 12.0. The quantitative estimate of drug-likeness (QED) is 0.146. The first kappa shape index (κ1) is 40.1. The summed E-state index contributed by atoms with van der Waals surface area (Å²) in [7, 11) is 0.283. The molecule has 2 saturated heterocycles. The predicted molar refractivity (Wildman–Crippen MR) is 217 cm³/mol. The molecule has 0 radical (unpaired) electrons. The largest absolute Gasteiger partial charge is 0.494 e. The minimum absolute atomic E-state index is 0.188. The van der Waals surface area contributed by atoms with Crippen molar-refractivity contribution in [3.8, 4) is 5.75 Å². The maximum Gasteiger partial charge on any atom is 0.261 e. The van der Waals surface area contributed by atoms with Crippen LogP contribution in [-0.2, 0) is 34.5 Å². The van der Waals surface area contributed by atoms with Crippen LogP contribution in [0.5, 0.6) is 5.75 Å². The molecule has 2 heterocycles. The minimum atomic E-state index is -2.98. The molecule has 1 saturated carbocycles. The second kappa shape index (κ2) is 16.4. The van der Waals surface area contributed by atoms with Gasteiger partial charge in [-0.15, -0.1) is 0 Å². The SMILES string of the molecule is CCOc1ccc(Cc2cc(C3OC(CO[Si](c4ccccc4)(c4ccccc4)C(C)(C)C)C4OC5(OC)CCCCC5(OC)OC4C3O)ccc2Cl)cc1. The lowest BCUT2D eigenvalue weighted by Crippen LogP contribution is -2.75. The summed E-state index contributed by atoms with van der Waals surface area (Å²) in [6, 6.07) is 35.0. The van der Waals surface area contributed by atoms with Crippen LogP contribution in [0.4, 0.5) is 0 Å². The minimum Gasteiger partial charge on any atom is -0.494 e. The second-order valence-corrected chi connectivity index (χ2v) is 20.7. The van der Waals surface area contributed by atoms with Crippen molar-refractivity contribution < 1.29 is 38.0 Å². The zero-order valence-corrected chi connectivity index (χ0v) is 34.6. The van der Waals surface area contributed by atoms with Crippen LogP contribution in [0.15, 0.2) is 103 Å². The van der Waals surface area contributed by atoms with E-state index in [2.05, 4.69) is 69.3 Å². The normalized spacial score (nSPS) is 28.3. The van der Waals surface area contributed by atoms with Crippen LogP contribution < -0.4 is 15.1 Å². The molecule has 7 atom stereocenters. The molecule has 3 aliphatic rings. The van der Waals surface area contributed by atoms with E-state index in [1.165, 1.54) is 0 Å². The van der Waals surface area contributed by atoms with Gasteiger partial charge in [-0.2, -0.15) is 0 Å². The zero-order chi connectivity index (χ0) is 38.8. The molecular weight excluding hydrogens is 732 g/mol. The Balaban J connectivity index is 1.28. The Hall–Kier alpha value is -3.09. The average molecular weight is 787 g/mol. The molecule has 0 aromatic heterocycles. The molecule has 8 nitrogen and oxygen atoms in total. The van der Waals surface area contributed by atoms with Crippen LogP contribution in [0.2, 0.25) is 10.1 Å². The van der Waals surface area contributed by atoms with Gasteiger partial charge in [-0.05, 0) is 76.5 Å². The highest BCUT2D eigenvalue weighted by molar-refractivity contribution is 6.99. The molecule has 7 rings (SSSR count). The lowest BCUT2D eigenvalue weighted by atomic mass is 9.82. The third-order valence-corrected chi connectivity index (χ3v) is 17.1. The van der Waals surface area contributed by atoms with E-state index in [9.17, 15) is 5.11 Å². The lowest BCUT2D eigenvalue weighted by Gasteiger charge is -2.60.